The lowest BCUT2D eigenvalue weighted by atomic mass is 10.1. The third-order valence-corrected chi connectivity index (χ3v) is 6.08. The summed E-state index contributed by atoms with van der Waals surface area (Å²) in [5.41, 5.74) is 2.81. The Bertz CT molecular complexity index is 1040. The minimum absolute atomic E-state index is 0.0419. The van der Waals surface area contributed by atoms with Gasteiger partial charge in [-0.15, -0.1) is 0 Å². The van der Waals surface area contributed by atoms with Crippen LogP contribution in [0.1, 0.15) is 16.7 Å². The van der Waals surface area contributed by atoms with Crippen LogP contribution in [0.2, 0.25) is 10.2 Å². The van der Waals surface area contributed by atoms with E-state index in [-0.39, 0.29) is 21.6 Å². The fourth-order valence-electron chi connectivity index (χ4n) is 2.53. The van der Waals surface area contributed by atoms with Crippen LogP contribution in [0.3, 0.4) is 0 Å². The number of aromatic nitrogens is 1. The maximum atomic E-state index is 12.5. The molecule has 0 bridgehead atoms. The van der Waals surface area contributed by atoms with Crippen molar-refractivity contribution in [2.75, 3.05) is 0 Å². The molecule has 0 amide bonds. The van der Waals surface area contributed by atoms with Crippen LogP contribution in [0, 0.1) is 0 Å². The SMILES string of the molecule is O=S(=O)(NCc1ccccc1COCc1ccccc1)c1cnc(Cl)c(Cl)c1. The molecule has 5 nitrogen and oxygen atoms in total. The molecule has 0 aliphatic rings. The number of sulfonamides is 1. The van der Waals surface area contributed by atoms with E-state index in [0.29, 0.717) is 13.2 Å². The minimum atomic E-state index is -3.77. The Labute approximate surface area is 174 Å². The van der Waals surface area contributed by atoms with Gasteiger partial charge >= 0.3 is 0 Å². The summed E-state index contributed by atoms with van der Waals surface area (Å²) in [5.74, 6) is 0. The first kappa shape index (κ1) is 20.8. The molecule has 0 saturated heterocycles. The van der Waals surface area contributed by atoms with Crippen LogP contribution in [0.4, 0.5) is 0 Å². The van der Waals surface area contributed by atoms with Crippen molar-refractivity contribution >= 4 is 33.2 Å². The number of nitrogens with zero attached hydrogens (tertiary/aromatic N) is 1. The molecule has 3 rings (SSSR count). The topological polar surface area (TPSA) is 68.3 Å². The highest BCUT2D eigenvalue weighted by Gasteiger charge is 2.16. The van der Waals surface area contributed by atoms with Crippen molar-refractivity contribution in [3.8, 4) is 0 Å². The number of pyridine rings is 1. The number of benzene rings is 2. The van der Waals surface area contributed by atoms with Crippen LogP contribution in [0.5, 0.6) is 0 Å². The van der Waals surface area contributed by atoms with Gasteiger partial charge < -0.3 is 4.74 Å². The molecule has 146 valence electrons. The summed E-state index contributed by atoms with van der Waals surface area (Å²) in [5, 5.41) is 0.140. The maximum absolute atomic E-state index is 12.5. The first-order chi connectivity index (χ1) is 13.5. The molecular weight excluding hydrogens is 419 g/mol. The van der Waals surface area contributed by atoms with Crippen LogP contribution in [-0.2, 0) is 34.5 Å². The van der Waals surface area contributed by atoms with Gasteiger partial charge in [-0.05, 0) is 22.8 Å². The molecule has 2 aromatic carbocycles. The lowest BCUT2D eigenvalue weighted by molar-refractivity contribution is 0.106. The van der Waals surface area contributed by atoms with Crippen LogP contribution in [0.25, 0.3) is 0 Å². The number of rotatable bonds is 8. The largest absolute Gasteiger partial charge is 0.372 e. The summed E-state index contributed by atoms with van der Waals surface area (Å²) < 4.78 is 33.3. The zero-order valence-corrected chi connectivity index (χ0v) is 17.1. The Kier molecular flexibility index (Phi) is 7.04. The van der Waals surface area contributed by atoms with E-state index in [1.54, 1.807) is 0 Å². The van der Waals surface area contributed by atoms with Crippen molar-refractivity contribution in [2.45, 2.75) is 24.7 Å². The number of halogens is 2. The summed E-state index contributed by atoms with van der Waals surface area (Å²) in [7, 11) is -3.77. The van der Waals surface area contributed by atoms with Crippen molar-refractivity contribution < 1.29 is 13.2 Å². The Balaban J connectivity index is 1.65. The van der Waals surface area contributed by atoms with Gasteiger partial charge in [0.1, 0.15) is 10.0 Å². The van der Waals surface area contributed by atoms with E-state index in [1.165, 1.54) is 12.3 Å². The maximum Gasteiger partial charge on any atom is 0.242 e. The van der Waals surface area contributed by atoms with E-state index < -0.39 is 10.0 Å². The predicted molar refractivity (Wildman–Crippen MR) is 110 cm³/mol. The Hall–Kier alpha value is -1.96. The highest BCUT2D eigenvalue weighted by Crippen LogP contribution is 2.22. The first-order valence-corrected chi connectivity index (χ1v) is 10.7. The van der Waals surface area contributed by atoms with Gasteiger partial charge in [-0.1, -0.05) is 77.8 Å². The highest BCUT2D eigenvalue weighted by atomic mass is 35.5. The van der Waals surface area contributed by atoms with Gasteiger partial charge in [0.25, 0.3) is 0 Å². The normalized spacial score (nSPS) is 11.5. The third-order valence-electron chi connectivity index (χ3n) is 4.02. The zero-order chi connectivity index (χ0) is 20.0. The summed E-state index contributed by atoms with van der Waals surface area (Å²) in [4.78, 5) is 3.74. The van der Waals surface area contributed by atoms with E-state index >= 15 is 0 Å². The first-order valence-electron chi connectivity index (χ1n) is 8.45. The van der Waals surface area contributed by atoms with Gasteiger partial charge in [0, 0.05) is 12.7 Å². The average molecular weight is 437 g/mol. The molecule has 28 heavy (non-hydrogen) atoms. The summed E-state index contributed by atoms with van der Waals surface area (Å²) in [6.07, 6.45) is 1.17. The van der Waals surface area contributed by atoms with Crippen molar-refractivity contribution in [1.82, 2.24) is 9.71 Å². The van der Waals surface area contributed by atoms with E-state index in [4.69, 9.17) is 27.9 Å². The van der Waals surface area contributed by atoms with Crippen LogP contribution in [-0.4, -0.2) is 13.4 Å². The Morgan fingerprint density at radius 3 is 2.32 bits per heavy atom. The summed E-state index contributed by atoms with van der Waals surface area (Å²) in [6, 6.07) is 18.6. The molecule has 1 heterocycles. The molecule has 0 aliphatic heterocycles. The van der Waals surface area contributed by atoms with Gasteiger partial charge in [0.15, 0.2) is 0 Å². The number of hydrogen-bond acceptors (Lipinski definition) is 4. The second-order valence-corrected chi connectivity index (χ2v) is 8.55. The molecule has 3 aromatic rings. The zero-order valence-electron chi connectivity index (χ0n) is 14.8. The van der Waals surface area contributed by atoms with Gasteiger partial charge in [-0.3, -0.25) is 0 Å². The average Bonchev–Trinajstić information content (AvgIpc) is 2.70. The molecule has 8 heteroatoms. The molecule has 1 N–H and O–H groups in total. The van der Waals surface area contributed by atoms with E-state index in [0.717, 1.165) is 16.7 Å². The molecule has 0 spiro atoms. The van der Waals surface area contributed by atoms with Crippen LogP contribution < -0.4 is 4.72 Å². The van der Waals surface area contributed by atoms with E-state index in [2.05, 4.69) is 9.71 Å². The summed E-state index contributed by atoms with van der Waals surface area (Å²) in [6.45, 7) is 0.977. The van der Waals surface area contributed by atoms with Crippen molar-refractivity contribution in [3.63, 3.8) is 0 Å². The van der Waals surface area contributed by atoms with Crippen molar-refractivity contribution in [1.29, 1.82) is 0 Å². The van der Waals surface area contributed by atoms with Gasteiger partial charge in [-0.25, -0.2) is 18.1 Å². The van der Waals surface area contributed by atoms with E-state index in [1.807, 2.05) is 54.6 Å². The smallest absolute Gasteiger partial charge is 0.242 e. The number of nitrogens with one attached hydrogen (secondary N) is 1. The van der Waals surface area contributed by atoms with Gasteiger partial charge in [0.05, 0.1) is 18.2 Å². The number of ether oxygens (including phenoxy) is 1. The molecule has 0 atom stereocenters. The second kappa shape index (κ2) is 9.49. The molecule has 0 unspecified atom stereocenters. The number of hydrogen-bond donors (Lipinski definition) is 1. The lowest BCUT2D eigenvalue weighted by Gasteiger charge is -2.12. The Morgan fingerprint density at radius 1 is 0.929 bits per heavy atom. The molecular formula is C20H18Cl2N2O3S. The van der Waals surface area contributed by atoms with E-state index in [9.17, 15) is 8.42 Å². The Morgan fingerprint density at radius 2 is 1.61 bits per heavy atom. The quantitative estimate of drug-likeness (QED) is 0.524. The fourth-order valence-corrected chi connectivity index (χ4v) is 3.84. The fraction of sp³-hybridized carbons (Fsp3) is 0.150. The van der Waals surface area contributed by atoms with Gasteiger partial charge in [0.2, 0.25) is 10.0 Å². The van der Waals surface area contributed by atoms with Crippen molar-refractivity contribution in [3.05, 3.63) is 93.7 Å². The molecule has 0 radical (unpaired) electrons. The lowest BCUT2D eigenvalue weighted by Crippen LogP contribution is -2.24. The van der Waals surface area contributed by atoms with Crippen molar-refractivity contribution in [2.24, 2.45) is 0 Å². The van der Waals surface area contributed by atoms with Gasteiger partial charge in [-0.2, -0.15) is 0 Å². The molecule has 1 aromatic heterocycles. The van der Waals surface area contributed by atoms with Crippen LogP contribution >= 0.6 is 23.2 Å². The minimum Gasteiger partial charge on any atom is -0.372 e. The molecule has 0 saturated carbocycles. The predicted octanol–water partition coefficient (Wildman–Crippen LogP) is 4.58. The molecule has 0 aliphatic carbocycles. The third kappa shape index (κ3) is 5.53. The second-order valence-electron chi connectivity index (χ2n) is 6.02. The monoisotopic (exact) mass is 436 g/mol. The van der Waals surface area contributed by atoms with Crippen LogP contribution in [0.15, 0.2) is 71.8 Å². The summed E-state index contributed by atoms with van der Waals surface area (Å²) >= 11 is 11.6. The highest BCUT2D eigenvalue weighted by molar-refractivity contribution is 7.89. The molecule has 0 fully saturated rings. The standard InChI is InChI=1S/C20H18Cl2N2O3S/c21-19-10-18(12-23-20(19)22)28(25,26)24-11-16-8-4-5-9-17(16)14-27-13-15-6-2-1-3-7-15/h1-10,12,24H,11,13-14H2.